The normalized spacial score (nSPS) is 10.4. The van der Waals surface area contributed by atoms with Gasteiger partial charge in [-0.25, -0.2) is 0 Å². The summed E-state index contributed by atoms with van der Waals surface area (Å²) in [4.78, 5) is 12.7. The maximum Gasteiger partial charge on any atom is 0.206 e. The van der Waals surface area contributed by atoms with Gasteiger partial charge in [0, 0.05) is 11.6 Å². The molecule has 0 aliphatic heterocycles. The highest BCUT2D eigenvalue weighted by Crippen LogP contribution is 2.34. The summed E-state index contributed by atoms with van der Waals surface area (Å²) >= 11 is 19.2. The van der Waals surface area contributed by atoms with E-state index >= 15 is 0 Å². The number of hydrogen-bond donors (Lipinski definition) is 0. The number of hydrogen-bond acceptors (Lipinski definition) is 3. The van der Waals surface area contributed by atoms with Gasteiger partial charge in [-0.05, 0) is 17.5 Å². The lowest BCUT2D eigenvalue weighted by atomic mass is 10.1. The van der Waals surface area contributed by atoms with Crippen molar-refractivity contribution < 1.29 is 9.53 Å². The lowest BCUT2D eigenvalue weighted by Crippen LogP contribution is -2.01. The van der Waals surface area contributed by atoms with E-state index in [-0.39, 0.29) is 10.8 Å². The molecule has 1 heterocycles. The fourth-order valence-electron chi connectivity index (χ4n) is 1.44. The van der Waals surface area contributed by atoms with Gasteiger partial charge in [0.25, 0.3) is 0 Å². The second kappa shape index (κ2) is 5.49. The highest BCUT2D eigenvalue weighted by Gasteiger charge is 2.19. The predicted molar refractivity (Wildman–Crippen MR) is 75.8 cm³/mol. The van der Waals surface area contributed by atoms with Gasteiger partial charge in [-0.15, -0.1) is 11.3 Å². The Morgan fingerprint density at radius 3 is 2.44 bits per heavy atom. The molecule has 18 heavy (non-hydrogen) atoms. The highest BCUT2D eigenvalue weighted by molar-refractivity contribution is 7.13. The minimum absolute atomic E-state index is 0.246. The lowest BCUT2D eigenvalue weighted by Gasteiger charge is -2.07. The molecule has 0 saturated carbocycles. The first kappa shape index (κ1) is 13.7. The van der Waals surface area contributed by atoms with E-state index in [0.717, 1.165) is 0 Å². The molecule has 2 aromatic rings. The molecular formula is C12H7Cl3O2S. The monoisotopic (exact) mass is 320 g/mol. The van der Waals surface area contributed by atoms with Crippen LogP contribution in [0.15, 0.2) is 23.6 Å². The minimum Gasteiger partial charge on any atom is -0.495 e. The Labute approximate surface area is 123 Å². The first-order valence-corrected chi connectivity index (χ1v) is 6.86. The Kier molecular flexibility index (Phi) is 4.17. The standard InChI is InChI=1S/C12H7Cl3O2S/c1-17-10-5-8(14)6(4-9(10)15)11(16)12-7(13)2-3-18-12/h2-5H,1H3. The summed E-state index contributed by atoms with van der Waals surface area (Å²) in [6, 6.07) is 4.66. The molecule has 94 valence electrons. The Bertz CT molecular complexity index is 607. The number of benzene rings is 1. The molecule has 0 unspecified atom stereocenters. The van der Waals surface area contributed by atoms with Crippen LogP contribution in [0.2, 0.25) is 15.1 Å². The fourth-order valence-corrected chi connectivity index (χ4v) is 3.01. The van der Waals surface area contributed by atoms with Crippen molar-refractivity contribution in [2.45, 2.75) is 0 Å². The second-order valence-corrected chi connectivity index (χ2v) is 5.53. The summed E-state index contributed by atoms with van der Waals surface area (Å²) < 4.78 is 5.02. The van der Waals surface area contributed by atoms with Gasteiger partial charge in [0.2, 0.25) is 5.78 Å². The van der Waals surface area contributed by atoms with E-state index < -0.39 is 0 Å². The van der Waals surface area contributed by atoms with Gasteiger partial charge in [0.05, 0.1) is 27.1 Å². The van der Waals surface area contributed by atoms with E-state index in [2.05, 4.69) is 0 Å². The van der Waals surface area contributed by atoms with E-state index in [1.807, 2.05) is 0 Å². The van der Waals surface area contributed by atoms with Gasteiger partial charge >= 0.3 is 0 Å². The zero-order valence-corrected chi connectivity index (χ0v) is 12.3. The van der Waals surface area contributed by atoms with Gasteiger partial charge in [-0.3, -0.25) is 4.79 Å². The highest BCUT2D eigenvalue weighted by atomic mass is 35.5. The Morgan fingerprint density at radius 1 is 1.17 bits per heavy atom. The molecule has 0 fully saturated rings. The van der Waals surface area contributed by atoms with Crippen molar-refractivity contribution in [1.82, 2.24) is 0 Å². The average molecular weight is 322 g/mol. The Morgan fingerprint density at radius 2 is 1.89 bits per heavy atom. The van der Waals surface area contributed by atoms with E-state index in [9.17, 15) is 4.79 Å². The Hall–Kier alpha value is -0.740. The van der Waals surface area contributed by atoms with Crippen molar-refractivity contribution in [3.05, 3.63) is 49.1 Å². The van der Waals surface area contributed by atoms with E-state index in [1.165, 1.54) is 30.6 Å². The van der Waals surface area contributed by atoms with Crippen molar-refractivity contribution in [3.63, 3.8) is 0 Å². The summed E-state index contributed by atoms with van der Waals surface area (Å²) in [7, 11) is 1.48. The molecule has 2 rings (SSSR count). The number of methoxy groups -OCH3 is 1. The third kappa shape index (κ3) is 2.50. The van der Waals surface area contributed by atoms with Crippen LogP contribution < -0.4 is 4.74 Å². The van der Waals surface area contributed by atoms with Crippen LogP contribution in [0.1, 0.15) is 15.2 Å². The molecule has 0 atom stereocenters. The quantitative estimate of drug-likeness (QED) is 0.748. The van der Waals surface area contributed by atoms with Crippen LogP contribution in [0, 0.1) is 0 Å². The molecule has 0 aliphatic rings. The minimum atomic E-state index is -0.246. The third-order valence-corrected chi connectivity index (χ3v) is 4.26. The number of ether oxygens (including phenoxy) is 1. The van der Waals surface area contributed by atoms with E-state index in [0.29, 0.717) is 26.2 Å². The van der Waals surface area contributed by atoms with E-state index in [1.54, 1.807) is 11.4 Å². The molecule has 0 saturated heterocycles. The van der Waals surface area contributed by atoms with Crippen molar-refractivity contribution in [2.24, 2.45) is 0 Å². The van der Waals surface area contributed by atoms with Gasteiger partial charge in [0.15, 0.2) is 0 Å². The molecule has 0 spiro atoms. The molecule has 1 aromatic heterocycles. The number of thiophene rings is 1. The summed E-state index contributed by atoms with van der Waals surface area (Å²) in [5.74, 6) is 0.181. The van der Waals surface area contributed by atoms with Crippen LogP contribution in [0.5, 0.6) is 5.75 Å². The van der Waals surface area contributed by atoms with Crippen LogP contribution in [0.3, 0.4) is 0 Å². The molecule has 0 bridgehead atoms. The first-order chi connectivity index (χ1) is 8.54. The summed E-state index contributed by atoms with van der Waals surface area (Å²) in [5.41, 5.74) is 0.312. The maximum atomic E-state index is 12.2. The van der Waals surface area contributed by atoms with Gasteiger partial charge in [-0.2, -0.15) is 0 Å². The average Bonchev–Trinajstić information content (AvgIpc) is 2.77. The van der Waals surface area contributed by atoms with Gasteiger partial charge in [0.1, 0.15) is 5.75 Å². The fraction of sp³-hybridized carbons (Fsp3) is 0.0833. The molecular weight excluding hydrogens is 315 g/mol. The summed E-state index contributed by atoms with van der Waals surface area (Å²) in [5, 5.41) is 2.77. The topological polar surface area (TPSA) is 26.3 Å². The van der Waals surface area contributed by atoms with Crippen LogP contribution in [-0.4, -0.2) is 12.9 Å². The summed E-state index contributed by atoms with van der Waals surface area (Å²) in [6.45, 7) is 0. The van der Waals surface area contributed by atoms with Crippen molar-refractivity contribution in [2.75, 3.05) is 7.11 Å². The van der Waals surface area contributed by atoms with Crippen molar-refractivity contribution in [1.29, 1.82) is 0 Å². The zero-order chi connectivity index (χ0) is 13.3. The molecule has 1 aromatic carbocycles. The lowest BCUT2D eigenvalue weighted by molar-refractivity contribution is 0.104. The number of carbonyl (C=O) groups excluding carboxylic acids is 1. The Balaban J connectivity index is 2.49. The first-order valence-electron chi connectivity index (χ1n) is 4.85. The van der Waals surface area contributed by atoms with Crippen LogP contribution >= 0.6 is 46.1 Å². The largest absolute Gasteiger partial charge is 0.495 e. The molecule has 0 radical (unpaired) electrons. The number of halogens is 3. The maximum absolute atomic E-state index is 12.2. The summed E-state index contributed by atoms with van der Waals surface area (Å²) in [6.07, 6.45) is 0. The van der Waals surface area contributed by atoms with Crippen LogP contribution in [0.4, 0.5) is 0 Å². The molecule has 0 N–H and O–H groups in total. The molecule has 2 nitrogen and oxygen atoms in total. The van der Waals surface area contributed by atoms with Crippen molar-refractivity contribution in [3.8, 4) is 5.75 Å². The third-order valence-electron chi connectivity index (χ3n) is 2.31. The molecule has 6 heteroatoms. The number of rotatable bonds is 3. The number of carbonyl (C=O) groups is 1. The number of ketones is 1. The smallest absolute Gasteiger partial charge is 0.206 e. The van der Waals surface area contributed by atoms with Crippen LogP contribution in [0.25, 0.3) is 0 Å². The van der Waals surface area contributed by atoms with Gasteiger partial charge in [-0.1, -0.05) is 34.8 Å². The molecule has 0 amide bonds. The second-order valence-electron chi connectivity index (χ2n) is 3.39. The molecule has 0 aliphatic carbocycles. The van der Waals surface area contributed by atoms with Gasteiger partial charge < -0.3 is 4.74 Å². The zero-order valence-electron chi connectivity index (χ0n) is 9.17. The SMILES string of the molecule is COc1cc(Cl)c(C(=O)c2sccc2Cl)cc1Cl. The van der Waals surface area contributed by atoms with E-state index in [4.69, 9.17) is 39.5 Å². The van der Waals surface area contributed by atoms with Crippen LogP contribution in [-0.2, 0) is 0 Å². The van der Waals surface area contributed by atoms with Crippen molar-refractivity contribution >= 4 is 51.9 Å². The predicted octanol–water partition coefficient (Wildman–Crippen LogP) is 4.95.